The largest absolute Gasteiger partial charge is 0.495 e. The number of carboxylic acids is 1. The molecule has 5 saturated carbocycles. The SMILES string of the molecule is C#C.C=C(C[C@]12CC[C@@H](C(=C)C)C1[C@H]1CCC3[C@@]4(C)CC[C@H](OC(=C)CC(C)(C)CC(=O)O)C(C)(C)C4(C)CC[C@@]3(C)[C@]1(C)CC2)NCc1ccc(C)cc1.CC. The second-order valence-electron chi connectivity index (χ2n) is 21.6. The first-order valence-electron chi connectivity index (χ1n) is 22.6. The van der Waals surface area contributed by atoms with Gasteiger partial charge in [0.05, 0.1) is 12.2 Å². The number of aryl methyl sites for hydroxylation is 1. The standard InChI is InChI=1S/C49H75NO3.C2H6.C2H2/c1-32(2)37-20-23-49(28-34(4)50-31-36-16-14-33(3)15-17-36)27-25-45(10)38(42(37)49)18-19-39-46(45,11)24-26-48(13)44(8,9)40(21-22-47(39,48)12)53-35(5)29-43(6,7)30-41(51)52;2*1-2/h14-17,37-40,42,50H,1,4-5,18-31H2,2-3,6-13H3,(H,51,52);1-2H3;1-2H/t37-,38+,39?,40-,42?,45+,46+,47+,48?,49+;;/m0../s1. The number of benzene rings is 1. The monoisotopic (exact) mass is 782 g/mol. The topological polar surface area (TPSA) is 58.6 Å². The van der Waals surface area contributed by atoms with Crippen LogP contribution in [0.15, 0.2) is 61.0 Å². The van der Waals surface area contributed by atoms with Crippen LogP contribution in [0, 0.1) is 81.3 Å². The molecule has 3 unspecified atom stereocenters. The van der Waals surface area contributed by atoms with Gasteiger partial charge in [-0.2, -0.15) is 0 Å². The minimum atomic E-state index is -0.763. The molecule has 0 aliphatic heterocycles. The summed E-state index contributed by atoms with van der Waals surface area (Å²) < 4.78 is 6.81. The van der Waals surface area contributed by atoms with E-state index in [0.717, 1.165) is 25.1 Å². The maximum absolute atomic E-state index is 11.5. The predicted octanol–water partition coefficient (Wildman–Crippen LogP) is 14.1. The summed E-state index contributed by atoms with van der Waals surface area (Å²) >= 11 is 0. The van der Waals surface area contributed by atoms with Crippen molar-refractivity contribution < 1.29 is 14.6 Å². The van der Waals surface area contributed by atoms with Crippen molar-refractivity contribution >= 4 is 5.97 Å². The Labute approximate surface area is 350 Å². The molecule has 1 aromatic rings. The normalized spacial score (nSPS) is 37.5. The van der Waals surface area contributed by atoms with Gasteiger partial charge in [0, 0.05) is 24.1 Å². The van der Waals surface area contributed by atoms with Crippen molar-refractivity contribution in [2.45, 2.75) is 179 Å². The summed E-state index contributed by atoms with van der Waals surface area (Å²) in [7, 11) is 0. The summed E-state index contributed by atoms with van der Waals surface area (Å²) in [5.74, 6) is 2.65. The van der Waals surface area contributed by atoms with Crippen molar-refractivity contribution in [3.05, 3.63) is 72.2 Å². The number of fused-ring (bicyclic) bond motifs is 7. The van der Waals surface area contributed by atoms with Crippen molar-refractivity contribution in [3.8, 4) is 12.8 Å². The third kappa shape index (κ3) is 8.06. The van der Waals surface area contributed by atoms with Gasteiger partial charge in [-0.1, -0.05) is 124 Å². The van der Waals surface area contributed by atoms with Crippen LogP contribution in [0.3, 0.4) is 0 Å². The molecule has 5 fully saturated rings. The molecular weight excluding hydrogens is 699 g/mol. The van der Waals surface area contributed by atoms with Crippen LogP contribution in [-0.4, -0.2) is 17.2 Å². The first-order valence-corrected chi connectivity index (χ1v) is 22.6. The Morgan fingerprint density at radius 3 is 2.05 bits per heavy atom. The second kappa shape index (κ2) is 17.0. The number of hydrogen-bond donors (Lipinski definition) is 2. The van der Waals surface area contributed by atoms with Crippen LogP contribution in [0.25, 0.3) is 0 Å². The van der Waals surface area contributed by atoms with Gasteiger partial charge in [-0.05, 0) is 146 Å². The highest BCUT2D eigenvalue weighted by Crippen LogP contribution is 2.80. The lowest BCUT2D eigenvalue weighted by Gasteiger charge is -2.76. The van der Waals surface area contributed by atoms with E-state index in [0.29, 0.717) is 40.9 Å². The van der Waals surface area contributed by atoms with Crippen molar-refractivity contribution in [1.82, 2.24) is 5.32 Å². The summed E-state index contributed by atoms with van der Waals surface area (Å²) in [6, 6.07) is 8.91. The third-order valence-corrected chi connectivity index (χ3v) is 18.1. The number of allylic oxidation sites excluding steroid dienone is 3. The number of hydrogen-bond acceptors (Lipinski definition) is 3. The number of carbonyl (C=O) groups is 1. The minimum Gasteiger partial charge on any atom is -0.495 e. The van der Waals surface area contributed by atoms with Crippen molar-refractivity contribution in [2.75, 3.05) is 0 Å². The molecule has 4 heteroatoms. The zero-order chi connectivity index (χ0) is 43.0. The summed E-state index contributed by atoms with van der Waals surface area (Å²) in [6.45, 7) is 42.8. The third-order valence-electron chi connectivity index (χ3n) is 18.1. The van der Waals surface area contributed by atoms with Gasteiger partial charge in [0.2, 0.25) is 0 Å². The zero-order valence-corrected chi connectivity index (χ0v) is 38.6. The van der Waals surface area contributed by atoms with E-state index < -0.39 is 5.97 Å². The molecule has 0 bridgehead atoms. The van der Waals surface area contributed by atoms with Gasteiger partial charge in [0.25, 0.3) is 0 Å². The van der Waals surface area contributed by atoms with E-state index in [2.05, 4.69) is 118 Å². The van der Waals surface area contributed by atoms with Gasteiger partial charge < -0.3 is 15.2 Å². The molecule has 0 spiro atoms. The van der Waals surface area contributed by atoms with Gasteiger partial charge in [0.15, 0.2) is 0 Å². The first-order chi connectivity index (χ1) is 26.5. The lowest BCUT2D eigenvalue weighted by molar-refractivity contribution is -0.281. The molecule has 2 N–H and O–H groups in total. The average molecular weight is 782 g/mol. The maximum Gasteiger partial charge on any atom is 0.303 e. The number of carboxylic acid groups (broad SMARTS) is 1. The molecule has 0 saturated heterocycles. The zero-order valence-electron chi connectivity index (χ0n) is 38.6. The van der Waals surface area contributed by atoms with Crippen LogP contribution >= 0.6 is 0 Å². The van der Waals surface area contributed by atoms with Crippen LogP contribution in [0.2, 0.25) is 0 Å². The number of nitrogens with one attached hydrogen (secondary N) is 1. The molecule has 0 amide bonds. The van der Waals surface area contributed by atoms with E-state index in [9.17, 15) is 9.90 Å². The molecule has 318 valence electrons. The van der Waals surface area contributed by atoms with Gasteiger partial charge >= 0.3 is 5.97 Å². The fraction of sp³-hybridized carbons (Fsp3) is 0.717. The molecule has 10 atom stereocenters. The van der Waals surface area contributed by atoms with Crippen LogP contribution in [0.4, 0.5) is 0 Å². The molecule has 0 aromatic heterocycles. The van der Waals surface area contributed by atoms with Gasteiger partial charge in [-0.15, -0.1) is 12.8 Å². The van der Waals surface area contributed by atoms with Crippen LogP contribution < -0.4 is 5.32 Å². The molecule has 57 heavy (non-hydrogen) atoms. The summed E-state index contributed by atoms with van der Waals surface area (Å²) in [6.07, 6.45) is 22.4. The highest BCUT2D eigenvalue weighted by molar-refractivity contribution is 5.67. The molecule has 5 aliphatic carbocycles. The van der Waals surface area contributed by atoms with E-state index in [-0.39, 0.29) is 39.6 Å². The van der Waals surface area contributed by atoms with Crippen LogP contribution in [-0.2, 0) is 16.1 Å². The molecule has 4 nitrogen and oxygen atoms in total. The Morgan fingerprint density at radius 1 is 0.842 bits per heavy atom. The molecule has 6 rings (SSSR count). The van der Waals surface area contributed by atoms with E-state index in [4.69, 9.17) is 4.74 Å². The number of rotatable bonds is 12. The Kier molecular flexibility index (Phi) is 13.9. The molecule has 1 aromatic carbocycles. The quantitative estimate of drug-likeness (QED) is 0.126. The predicted molar refractivity (Wildman–Crippen MR) is 241 cm³/mol. The number of ether oxygens (including phenoxy) is 1. The Balaban J connectivity index is 0.00000174. The lowest BCUT2D eigenvalue weighted by Crippen LogP contribution is -2.70. The highest BCUT2D eigenvalue weighted by Gasteiger charge is 2.73. The van der Waals surface area contributed by atoms with E-state index in [1.54, 1.807) is 0 Å². The van der Waals surface area contributed by atoms with Gasteiger partial charge in [0.1, 0.15) is 6.10 Å². The molecule has 5 aliphatic rings. The fourth-order valence-electron chi connectivity index (χ4n) is 14.6. The van der Waals surface area contributed by atoms with Crippen molar-refractivity contribution in [2.24, 2.45) is 61.6 Å². The Hall–Kier alpha value is -2.93. The maximum atomic E-state index is 11.5. The number of terminal acetylenes is 1. The summed E-state index contributed by atoms with van der Waals surface area (Å²) in [5, 5.41) is 13.3. The molecular formula is C53H83NO3. The van der Waals surface area contributed by atoms with E-state index in [1.165, 1.54) is 80.2 Å². The van der Waals surface area contributed by atoms with Gasteiger partial charge in [-0.3, -0.25) is 4.79 Å². The second-order valence-corrected chi connectivity index (χ2v) is 21.6. The summed E-state index contributed by atoms with van der Waals surface area (Å²) in [4.78, 5) is 11.5. The first kappa shape index (κ1) is 46.8. The van der Waals surface area contributed by atoms with Gasteiger partial charge in [-0.25, -0.2) is 0 Å². The lowest BCUT2D eigenvalue weighted by atomic mass is 9.29. The highest BCUT2D eigenvalue weighted by atomic mass is 16.5. The minimum absolute atomic E-state index is 0.0386. The molecule has 0 heterocycles. The fourth-order valence-corrected chi connectivity index (χ4v) is 14.6. The van der Waals surface area contributed by atoms with Crippen molar-refractivity contribution in [1.29, 1.82) is 0 Å². The summed E-state index contributed by atoms with van der Waals surface area (Å²) in [5.41, 5.74) is 6.06. The Bertz CT molecular complexity index is 1650. The van der Waals surface area contributed by atoms with E-state index >= 15 is 0 Å². The van der Waals surface area contributed by atoms with E-state index in [1.807, 2.05) is 27.7 Å². The van der Waals surface area contributed by atoms with Crippen molar-refractivity contribution in [3.63, 3.8) is 0 Å². The van der Waals surface area contributed by atoms with Crippen LogP contribution in [0.1, 0.15) is 171 Å². The molecule has 0 radical (unpaired) electrons. The number of aliphatic carboxylic acids is 1. The Morgan fingerprint density at radius 2 is 1.46 bits per heavy atom. The van der Waals surface area contributed by atoms with Crippen LogP contribution in [0.5, 0.6) is 0 Å². The smallest absolute Gasteiger partial charge is 0.303 e. The average Bonchev–Trinajstić information content (AvgIpc) is 3.52.